The maximum Gasteiger partial charge on any atom is 0.434 e. The van der Waals surface area contributed by atoms with E-state index >= 15 is 0 Å². The van der Waals surface area contributed by atoms with Gasteiger partial charge in [0.1, 0.15) is 5.56 Å². The van der Waals surface area contributed by atoms with E-state index in [1.165, 1.54) is 56.4 Å². The predicted molar refractivity (Wildman–Crippen MR) is 117 cm³/mol. The van der Waals surface area contributed by atoms with Crippen molar-refractivity contribution < 1.29 is 32.3 Å². The summed E-state index contributed by atoms with van der Waals surface area (Å²) in [5.41, 5.74) is -1.44. The summed E-state index contributed by atoms with van der Waals surface area (Å²) >= 11 is 5.99. The zero-order valence-electron chi connectivity index (χ0n) is 17.9. The first-order valence-corrected chi connectivity index (χ1v) is 10.2. The number of anilines is 1. The molecular weight excluding hydrogens is 477 g/mol. The van der Waals surface area contributed by atoms with Crippen molar-refractivity contribution in [3.05, 3.63) is 76.1 Å². The Kier molecular flexibility index (Phi) is 7.26. The summed E-state index contributed by atoms with van der Waals surface area (Å²) in [6.07, 6.45) is -4.10. The van der Waals surface area contributed by atoms with Gasteiger partial charge in [0.25, 0.3) is 11.8 Å². The molecule has 2 aromatic carbocycles. The van der Waals surface area contributed by atoms with Crippen LogP contribution >= 0.6 is 11.6 Å². The molecule has 0 spiro atoms. The number of nitrogens with one attached hydrogen (secondary N) is 2. The minimum Gasteiger partial charge on any atom is -0.462 e. The molecule has 178 valence electrons. The molecule has 3 aromatic rings. The highest BCUT2D eigenvalue weighted by Gasteiger charge is 2.41. The second-order valence-electron chi connectivity index (χ2n) is 6.81. The summed E-state index contributed by atoms with van der Waals surface area (Å²) in [7, 11) is 1.44. The molecule has 3 rings (SSSR count). The molecule has 0 saturated heterocycles. The lowest BCUT2D eigenvalue weighted by Crippen LogP contribution is -2.19. The number of ether oxygens (including phenoxy) is 1. The van der Waals surface area contributed by atoms with E-state index in [1.54, 1.807) is 0 Å². The Morgan fingerprint density at radius 1 is 1.06 bits per heavy atom. The van der Waals surface area contributed by atoms with Crippen LogP contribution in [0.5, 0.6) is 0 Å². The summed E-state index contributed by atoms with van der Waals surface area (Å²) in [6.45, 7) is 1.38. The molecule has 0 aliphatic carbocycles. The van der Waals surface area contributed by atoms with Crippen molar-refractivity contribution in [1.29, 1.82) is 0 Å². The third-order valence-electron chi connectivity index (χ3n) is 4.60. The van der Waals surface area contributed by atoms with Crippen LogP contribution in [0, 0.1) is 0 Å². The minimum absolute atomic E-state index is 0.0205. The second-order valence-corrected chi connectivity index (χ2v) is 7.22. The molecule has 34 heavy (non-hydrogen) atoms. The zero-order valence-corrected chi connectivity index (χ0v) is 18.6. The summed E-state index contributed by atoms with van der Waals surface area (Å²) < 4.78 is 46.2. The number of aromatic nitrogens is 2. The molecule has 1 aromatic heterocycles. The van der Waals surface area contributed by atoms with Crippen LogP contribution in [0.2, 0.25) is 5.02 Å². The molecule has 1 heterocycles. The molecule has 0 fully saturated rings. The molecule has 0 radical (unpaired) electrons. The zero-order chi connectivity index (χ0) is 25.0. The predicted octanol–water partition coefficient (Wildman–Crippen LogP) is 4.33. The third kappa shape index (κ3) is 5.20. The number of nitrogens with zero attached hydrogens (tertiary/aromatic N) is 2. The van der Waals surface area contributed by atoms with Crippen molar-refractivity contribution in [2.45, 2.75) is 13.1 Å². The molecular formula is C22H18ClF3N4O4. The van der Waals surface area contributed by atoms with E-state index in [0.717, 1.165) is 6.20 Å². The molecule has 0 unspecified atom stereocenters. The number of carbonyl (C=O) groups is 3. The van der Waals surface area contributed by atoms with Crippen LogP contribution in [0.1, 0.15) is 43.7 Å². The van der Waals surface area contributed by atoms with Gasteiger partial charge >= 0.3 is 12.1 Å². The van der Waals surface area contributed by atoms with Crippen LogP contribution in [-0.2, 0) is 10.9 Å². The molecule has 12 heteroatoms. The van der Waals surface area contributed by atoms with E-state index in [2.05, 4.69) is 20.5 Å². The number of alkyl halides is 3. The van der Waals surface area contributed by atoms with Crippen molar-refractivity contribution in [3.8, 4) is 5.69 Å². The monoisotopic (exact) mass is 494 g/mol. The highest BCUT2D eigenvalue weighted by Crippen LogP contribution is 2.34. The van der Waals surface area contributed by atoms with Gasteiger partial charge in [-0.15, -0.1) is 0 Å². The summed E-state index contributed by atoms with van der Waals surface area (Å²) in [4.78, 5) is 36.4. The fourth-order valence-electron chi connectivity index (χ4n) is 3.04. The van der Waals surface area contributed by atoms with Gasteiger partial charge in [-0.2, -0.15) is 18.3 Å². The average molecular weight is 495 g/mol. The normalized spacial score (nSPS) is 11.1. The maximum absolute atomic E-state index is 13.7. The first kappa shape index (κ1) is 24.8. The Hall–Kier alpha value is -3.86. The van der Waals surface area contributed by atoms with Crippen molar-refractivity contribution >= 4 is 35.1 Å². The van der Waals surface area contributed by atoms with E-state index in [4.69, 9.17) is 11.6 Å². The number of esters is 1. The molecule has 0 bridgehead atoms. The highest BCUT2D eigenvalue weighted by molar-refractivity contribution is 6.34. The van der Waals surface area contributed by atoms with Gasteiger partial charge in [0.15, 0.2) is 5.69 Å². The lowest BCUT2D eigenvalue weighted by atomic mass is 10.1. The first-order chi connectivity index (χ1) is 16.1. The standard InChI is InChI=1S/C22H18ClF3N4O4/c1-3-34-21(33)16-11-28-30(18(16)22(24,25)26)14-7-4-12(5-8-14)19(31)29-13-6-9-17(23)15(10-13)20(32)27-2/h4-11H,3H2,1-2H3,(H,27,32)(H,29,31). The van der Waals surface area contributed by atoms with Gasteiger partial charge in [-0.25, -0.2) is 9.48 Å². The first-order valence-electron chi connectivity index (χ1n) is 9.82. The number of hydrogen-bond acceptors (Lipinski definition) is 5. The fourth-order valence-corrected chi connectivity index (χ4v) is 3.25. The third-order valence-corrected chi connectivity index (χ3v) is 4.93. The van der Waals surface area contributed by atoms with Crippen LogP contribution in [0.15, 0.2) is 48.7 Å². The minimum atomic E-state index is -4.88. The number of halogens is 4. The van der Waals surface area contributed by atoms with Crippen LogP contribution in [0.4, 0.5) is 18.9 Å². The molecule has 2 amide bonds. The van der Waals surface area contributed by atoms with E-state index < -0.39 is 35.2 Å². The quantitative estimate of drug-likeness (QED) is 0.496. The van der Waals surface area contributed by atoms with E-state index in [-0.39, 0.29) is 28.4 Å². The van der Waals surface area contributed by atoms with Crippen LogP contribution < -0.4 is 10.6 Å². The Morgan fingerprint density at radius 2 is 1.74 bits per heavy atom. The van der Waals surface area contributed by atoms with Crippen molar-refractivity contribution in [2.75, 3.05) is 19.0 Å². The highest BCUT2D eigenvalue weighted by atomic mass is 35.5. The smallest absolute Gasteiger partial charge is 0.434 e. The fraction of sp³-hybridized carbons (Fsp3) is 0.182. The van der Waals surface area contributed by atoms with E-state index in [0.29, 0.717) is 10.4 Å². The number of carbonyl (C=O) groups excluding carboxylic acids is 3. The Bertz CT molecular complexity index is 1240. The van der Waals surface area contributed by atoms with Gasteiger partial charge < -0.3 is 15.4 Å². The second kappa shape index (κ2) is 9.96. The molecule has 0 aliphatic heterocycles. The maximum atomic E-state index is 13.7. The number of amides is 2. The molecule has 0 aliphatic rings. The SMILES string of the molecule is CCOC(=O)c1cnn(-c2ccc(C(=O)Nc3ccc(Cl)c(C(=O)NC)c3)cc2)c1C(F)(F)F. The molecule has 2 N–H and O–H groups in total. The molecule has 8 nitrogen and oxygen atoms in total. The van der Waals surface area contributed by atoms with Crippen LogP contribution in [-0.4, -0.2) is 41.2 Å². The number of benzene rings is 2. The molecule has 0 atom stereocenters. The van der Waals surface area contributed by atoms with Gasteiger partial charge in [-0.3, -0.25) is 9.59 Å². The lowest BCUT2D eigenvalue weighted by molar-refractivity contribution is -0.143. The summed E-state index contributed by atoms with van der Waals surface area (Å²) in [5, 5.41) is 8.91. The van der Waals surface area contributed by atoms with Gasteiger partial charge in [0.2, 0.25) is 0 Å². The van der Waals surface area contributed by atoms with E-state index in [1.807, 2.05) is 0 Å². The van der Waals surface area contributed by atoms with Crippen molar-refractivity contribution in [1.82, 2.24) is 15.1 Å². The van der Waals surface area contributed by atoms with Crippen molar-refractivity contribution in [2.24, 2.45) is 0 Å². The summed E-state index contributed by atoms with van der Waals surface area (Å²) in [5.74, 6) is -2.15. The largest absolute Gasteiger partial charge is 0.462 e. The van der Waals surface area contributed by atoms with Gasteiger partial charge in [-0.1, -0.05) is 11.6 Å². The van der Waals surface area contributed by atoms with Gasteiger partial charge in [0.05, 0.1) is 29.1 Å². The van der Waals surface area contributed by atoms with Gasteiger partial charge in [0, 0.05) is 18.3 Å². The Balaban J connectivity index is 1.87. The van der Waals surface area contributed by atoms with Crippen molar-refractivity contribution in [3.63, 3.8) is 0 Å². The van der Waals surface area contributed by atoms with E-state index in [9.17, 15) is 27.6 Å². The van der Waals surface area contributed by atoms with Gasteiger partial charge in [-0.05, 0) is 49.4 Å². The average Bonchev–Trinajstić information content (AvgIpc) is 3.26. The number of rotatable bonds is 6. The number of hydrogen-bond donors (Lipinski definition) is 2. The van der Waals surface area contributed by atoms with Crippen LogP contribution in [0.25, 0.3) is 5.69 Å². The Labute approximate surface area is 196 Å². The van der Waals surface area contributed by atoms with Crippen LogP contribution in [0.3, 0.4) is 0 Å². The Morgan fingerprint density at radius 3 is 2.32 bits per heavy atom. The topological polar surface area (TPSA) is 102 Å². The lowest BCUT2D eigenvalue weighted by Gasteiger charge is -2.13. The summed E-state index contributed by atoms with van der Waals surface area (Å²) in [6, 6.07) is 9.44. The molecule has 0 saturated carbocycles.